The standard InChI is InChI=1S/C13H21N3O/c1-11(17)16(2)10-12-6-3-4-7-13(12)15-9-5-8-14/h3-4,6-7,15H,5,8-10,14H2,1-2H3. The summed E-state index contributed by atoms with van der Waals surface area (Å²) in [5.41, 5.74) is 7.66. The molecule has 3 N–H and O–H groups in total. The molecular weight excluding hydrogens is 214 g/mol. The van der Waals surface area contributed by atoms with Gasteiger partial charge in [-0.05, 0) is 24.6 Å². The molecule has 1 aromatic rings. The third kappa shape index (κ3) is 4.44. The van der Waals surface area contributed by atoms with Crippen LogP contribution in [0.5, 0.6) is 0 Å². The fourth-order valence-corrected chi connectivity index (χ4v) is 1.52. The van der Waals surface area contributed by atoms with Crippen LogP contribution in [0.1, 0.15) is 18.9 Å². The Balaban J connectivity index is 2.66. The second-order valence-electron chi connectivity index (χ2n) is 4.10. The first kappa shape index (κ1) is 13.5. The van der Waals surface area contributed by atoms with Gasteiger partial charge in [-0.1, -0.05) is 18.2 Å². The van der Waals surface area contributed by atoms with Crippen molar-refractivity contribution in [1.29, 1.82) is 0 Å². The van der Waals surface area contributed by atoms with Crippen LogP contribution in [0.4, 0.5) is 5.69 Å². The molecule has 17 heavy (non-hydrogen) atoms. The molecule has 0 aliphatic carbocycles. The van der Waals surface area contributed by atoms with E-state index in [4.69, 9.17) is 5.73 Å². The molecule has 1 amide bonds. The van der Waals surface area contributed by atoms with Crippen molar-refractivity contribution >= 4 is 11.6 Å². The molecule has 4 heteroatoms. The molecule has 0 atom stereocenters. The van der Waals surface area contributed by atoms with Crippen LogP contribution in [-0.2, 0) is 11.3 Å². The van der Waals surface area contributed by atoms with Gasteiger partial charge in [-0.2, -0.15) is 0 Å². The molecule has 94 valence electrons. The van der Waals surface area contributed by atoms with Gasteiger partial charge in [-0.3, -0.25) is 4.79 Å². The average Bonchev–Trinajstić information content (AvgIpc) is 2.31. The Kier molecular flexibility index (Phi) is 5.49. The first-order valence-electron chi connectivity index (χ1n) is 5.88. The van der Waals surface area contributed by atoms with Gasteiger partial charge in [0.1, 0.15) is 0 Å². The summed E-state index contributed by atoms with van der Waals surface area (Å²) in [5.74, 6) is 0.0711. The number of rotatable bonds is 6. The summed E-state index contributed by atoms with van der Waals surface area (Å²) < 4.78 is 0. The highest BCUT2D eigenvalue weighted by atomic mass is 16.2. The summed E-state index contributed by atoms with van der Waals surface area (Å²) in [4.78, 5) is 12.9. The van der Waals surface area contributed by atoms with Gasteiger partial charge >= 0.3 is 0 Å². The van der Waals surface area contributed by atoms with Crippen LogP contribution in [0.3, 0.4) is 0 Å². The number of nitrogens with two attached hydrogens (primary N) is 1. The van der Waals surface area contributed by atoms with Gasteiger partial charge < -0.3 is 16.0 Å². The van der Waals surface area contributed by atoms with Crippen LogP contribution in [-0.4, -0.2) is 30.9 Å². The molecule has 4 nitrogen and oxygen atoms in total. The lowest BCUT2D eigenvalue weighted by Crippen LogP contribution is -2.23. The molecule has 0 spiro atoms. The van der Waals surface area contributed by atoms with Crippen molar-refractivity contribution in [2.75, 3.05) is 25.5 Å². The lowest BCUT2D eigenvalue weighted by molar-refractivity contribution is -0.128. The number of hydrogen-bond donors (Lipinski definition) is 2. The minimum absolute atomic E-state index is 0.0711. The summed E-state index contributed by atoms with van der Waals surface area (Å²) in [6, 6.07) is 8.03. The molecule has 0 radical (unpaired) electrons. The van der Waals surface area contributed by atoms with Crippen molar-refractivity contribution in [3.63, 3.8) is 0 Å². The topological polar surface area (TPSA) is 58.4 Å². The summed E-state index contributed by atoms with van der Waals surface area (Å²) in [7, 11) is 1.80. The Hall–Kier alpha value is -1.55. The van der Waals surface area contributed by atoms with E-state index in [0.29, 0.717) is 13.1 Å². The summed E-state index contributed by atoms with van der Waals surface area (Å²) >= 11 is 0. The first-order valence-corrected chi connectivity index (χ1v) is 5.88. The molecule has 0 heterocycles. The van der Waals surface area contributed by atoms with Crippen molar-refractivity contribution in [2.45, 2.75) is 19.9 Å². The van der Waals surface area contributed by atoms with Gasteiger partial charge in [0, 0.05) is 32.7 Å². The van der Waals surface area contributed by atoms with Gasteiger partial charge in [0.15, 0.2) is 0 Å². The third-order valence-electron chi connectivity index (χ3n) is 2.66. The van der Waals surface area contributed by atoms with Crippen molar-refractivity contribution in [2.24, 2.45) is 5.73 Å². The van der Waals surface area contributed by atoms with Crippen LogP contribution in [0.25, 0.3) is 0 Å². The molecular formula is C13H21N3O. The zero-order valence-corrected chi connectivity index (χ0v) is 10.6. The van der Waals surface area contributed by atoms with Gasteiger partial charge in [0.05, 0.1) is 0 Å². The zero-order chi connectivity index (χ0) is 12.7. The molecule has 0 aliphatic rings. The number of hydrogen-bond acceptors (Lipinski definition) is 3. The number of anilines is 1. The molecule has 0 saturated carbocycles. The van der Waals surface area contributed by atoms with Gasteiger partial charge in [-0.15, -0.1) is 0 Å². The van der Waals surface area contributed by atoms with Crippen molar-refractivity contribution in [3.05, 3.63) is 29.8 Å². The third-order valence-corrected chi connectivity index (χ3v) is 2.66. The van der Waals surface area contributed by atoms with E-state index in [9.17, 15) is 4.79 Å². The van der Waals surface area contributed by atoms with E-state index in [2.05, 4.69) is 5.32 Å². The van der Waals surface area contributed by atoms with Gasteiger partial charge in [0.25, 0.3) is 0 Å². The maximum atomic E-state index is 11.2. The van der Waals surface area contributed by atoms with E-state index in [-0.39, 0.29) is 5.91 Å². The molecule has 0 aromatic heterocycles. The van der Waals surface area contributed by atoms with E-state index in [1.165, 1.54) is 0 Å². The molecule has 0 aliphatic heterocycles. The number of carbonyl (C=O) groups excluding carboxylic acids is 1. The molecule has 1 aromatic carbocycles. The minimum atomic E-state index is 0.0711. The Bertz CT molecular complexity index is 365. The SMILES string of the molecule is CC(=O)N(C)Cc1ccccc1NCCCN. The van der Waals surface area contributed by atoms with E-state index >= 15 is 0 Å². The lowest BCUT2D eigenvalue weighted by Gasteiger charge is -2.18. The van der Waals surface area contributed by atoms with Crippen LogP contribution in [0.2, 0.25) is 0 Å². The highest BCUT2D eigenvalue weighted by molar-refractivity contribution is 5.73. The Labute approximate surface area is 103 Å². The minimum Gasteiger partial charge on any atom is -0.385 e. The predicted octanol–water partition coefficient (Wildman–Crippen LogP) is 1.43. The summed E-state index contributed by atoms with van der Waals surface area (Å²) in [5, 5.41) is 3.34. The number of nitrogens with one attached hydrogen (secondary N) is 1. The van der Waals surface area contributed by atoms with E-state index in [1.54, 1.807) is 18.9 Å². The maximum absolute atomic E-state index is 11.2. The monoisotopic (exact) mass is 235 g/mol. The number of carbonyl (C=O) groups is 1. The quantitative estimate of drug-likeness (QED) is 0.733. The largest absolute Gasteiger partial charge is 0.385 e. The number of benzene rings is 1. The second-order valence-corrected chi connectivity index (χ2v) is 4.10. The zero-order valence-electron chi connectivity index (χ0n) is 10.6. The molecule has 1 rings (SSSR count). The number of para-hydroxylation sites is 1. The van der Waals surface area contributed by atoms with Crippen LogP contribution < -0.4 is 11.1 Å². The van der Waals surface area contributed by atoms with Crippen molar-refractivity contribution in [1.82, 2.24) is 4.90 Å². The van der Waals surface area contributed by atoms with Crippen molar-refractivity contribution < 1.29 is 4.79 Å². The van der Waals surface area contributed by atoms with E-state index in [1.807, 2.05) is 24.3 Å². The molecule has 0 saturated heterocycles. The summed E-state index contributed by atoms with van der Waals surface area (Å²) in [6.45, 7) is 3.74. The molecule has 0 fully saturated rings. The molecule has 0 bridgehead atoms. The second kappa shape index (κ2) is 6.91. The van der Waals surface area contributed by atoms with Crippen molar-refractivity contribution in [3.8, 4) is 0 Å². The Morgan fingerprint density at radius 1 is 1.41 bits per heavy atom. The lowest BCUT2D eigenvalue weighted by atomic mass is 10.1. The van der Waals surface area contributed by atoms with Crippen LogP contribution >= 0.6 is 0 Å². The Morgan fingerprint density at radius 2 is 2.12 bits per heavy atom. The summed E-state index contributed by atoms with van der Waals surface area (Å²) in [6.07, 6.45) is 0.941. The van der Waals surface area contributed by atoms with Gasteiger partial charge in [0.2, 0.25) is 5.91 Å². The van der Waals surface area contributed by atoms with Crippen LogP contribution in [0, 0.1) is 0 Å². The number of amides is 1. The highest BCUT2D eigenvalue weighted by Gasteiger charge is 2.06. The Morgan fingerprint density at radius 3 is 2.76 bits per heavy atom. The smallest absolute Gasteiger partial charge is 0.219 e. The fourth-order valence-electron chi connectivity index (χ4n) is 1.52. The van der Waals surface area contributed by atoms with Crippen LogP contribution in [0.15, 0.2) is 24.3 Å². The first-order chi connectivity index (χ1) is 8.15. The fraction of sp³-hybridized carbons (Fsp3) is 0.462. The highest BCUT2D eigenvalue weighted by Crippen LogP contribution is 2.16. The molecule has 0 unspecified atom stereocenters. The predicted molar refractivity (Wildman–Crippen MR) is 70.8 cm³/mol. The number of nitrogens with zero attached hydrogens (tertiary/aromatic N) is 1. The maximum Gasteiger partial charge on any atom is 0.219 e. The normalized spacial score (nSPS) is 10.1. The average molecular weight is 235 g/mol. The van der Waals surface area contributed by atoms with E-state index in [0.717, 1.165) is 24.2 Å². The van der Waals surface area contributed by atoms with E-state index < -0.39 is 0 Å². The van der Waals surface area contributed by atoms with Gasteiger partial charge in [-0.25, -0.2) is 0 Å².